The van der Waals surface area contributed by atoms with Crippen molar-refractivity contribution in [3.63, 3.8) is 0 Å². The Labute approximate surface area is 126 Å². The average Bonchev–Trinajstić information content (AvgIpc) is 2.48. The second-order valence-electron chi connectivity index (χ2n) is 6.26. The van der Waals surface area contributed by atoms with Gasteiger partial charge in [0.25, 0.3) is 0 Å². The summed E-state index contributed by atoms with van der Waals surface area (Å²) in [5, 5.41) is 0.685. The number of halogens is 1. The summed E-state index contributed by atoms with van der Waals surface area (Å²) in [6.07, 6.45) is 6.82. The molecule has 0 N–H and O–H groups in total. The van der Waals surface area contributed by atoms with E-state index in [-0.39, 0.29) is 5.78 Å². The van der Waals surface area contributed by atoms with Gasteiger partial charge in [0, 0.05) is 17.1 Å². The number of carbonyl (C=O) groups is 1. The Kier molecular flexibility index (Phi) is 4.42. The van der Waals surface area contributed by atoms with E-state index >= 15 is 0 Å². The summed E-state index contributed by atoms with van der Waals surface area (Å²) in [6, 6.07) is 7.25. The zero-order valence-electron chi connectivity index (χ0n) is 11.9. The molecule has 0 radical (unpaired) electrons. The van der Waals surface area contributed by atoms with Gasteiger partial charge in [-0.25, -0.2) is 0 Å². The molecule has 2 aliphatic rings. The first kappa shape index (κ1) is 14.1. The van der Waals surface area contributed by atoms with Crippen LogP contribution in [0.5, 0.6) is 0 Å². The SMILES string of the molecule is O=C(CN1CCC2CCCCC2C1)c1ccc(Cl)cc1. The van der Waals surface area contributed by atoms with Crippen LogP contribution < -0.4 is 0 Å². The molecule has 0 aromatic heterocycles. The fraction of sp³-hybridized carbons (Fsp3) is 0.588. The standard InChI is InChI=1S/C17H22ClNO/c18-16-7-5-14(6-8-16)17(20)12-19-10-9-13-3-1-2-4-15(13)11-19/h5-8,13,15H,1-4,9-12H2. The highest BCUT2D eigenvalue weighted by molar-refractivity contribution is 6.30. The highest BCUT2D eigenvalue weighted by atomic mass is 35.5. The molecule has 2 atom stereocenters. The fourth-order valence-electron chi connectivity index (χ4n) is 3.75. The quantitative estimate of drug-likeness (QED) is 0.784. The van der Waals surface area contributed by atoms with Crippen LogP contribution in [0.1, 0.15) is 42.5 Å². The lowest BCUT2D eigenvalue weighted by atomic mass is 9.75. The van der Waals surface area contributed by atoms with Crippen LogP contribution in [0, 0.1) is 11.8 Å². The van der Waals surface area contributed by atoms with Gasteiger partial charge >= 0.3 is 0 Å². The van der Waals surface area contributed by atoms with Crippen molar-refractivity contribution in [3.05, 3.63) is 34.9 Å². The molecule has 2 unspecified atom stereocenters. The number of Topliss-reactive ketones (excluding diaryl/α,β-unsaturated/α-hetero) is 1. The molecule has 3 rings (SSSR count). The van der Waals surface area contributed by atoms with Gasteiger partial charge in [-0.2, -0.15) is 0 Å². The summed E-state index contributed by atoms with van der Waals surface area (Å²) < 4.78 is 0. The van der Waals surface area contributed by atoms with Crippen LogP contribution in [-0.2, 0) is 0 Å². The number of rotatable bonds is 3. The molecule has 2 fully saturated rings. The molecule has 1 aliphatic carbocycles. The van der Waals surface area contributed by atoms with E-state index in [0.29, 0.717) is 11.6 Å². The molecule has 2 nitrogen and oxygen atoms in total. The molecular weight excluding hydrogens is 270 g/mol. The second kappa shape index (κ2) is 6.28. The molecule has 0 spiro atoms. The highest BCUT2D eigenvalue weighted by Gasteiger charge is 2.31. The number of fused-ring (bicyclic) bond motifs is 1. The highest BCUT2D eigenvalue weighted by Crippen LogP contribution is 2.35. The molecule has 20 heavy (non-hydrogen) atoms. The molecule has 1 saturated heterocycles. The van der Waals surface area contributed by atoms with Crippen molar-refractivity contribution < 1.29 is 4.79 Å². The number of nitrogens with zero attached hydrogens (tertiary/aromatic N) is 1. The number of carbonyl (C=O) groups excluding carboxylic acids is 1. The zero-order valence-corrected chi connectivity index (χ0v) is 12.6. The maximum absolute atomic E-state index is 12.3. The molecule has 1 saturated carbocycles. The lowest BCUT2D eigenvalue weighted by Crippen LogP contribution is -2.43. The van der Waals surface area contributed by atoms with Crippen molar-refractivity contribution in [1.82, 2.24) is 4.90 Å². The first-order chi connectivity index (χ1) is 9.72. The fourth-order valence-corrected chi connectivity index (χ4v) is 3.88. The van der Waals surface area contributed by atoms with Crippen molar-refractivity contribution in [3.8, 4) is 0 Å². The number of hydrogen-bond acceptors (Lipinski definition) is 2. The molecule has 1 aliphatic heterocycles. The van der Waals surface area contributed by atoms with E-state index in [2.05, 4.69) is 4.90 Å². The van der Waals surface area contributed by atoms with E-state index in [1.807, 2.05) is 12.1 Å². The minimum Gasteiger partial charge on any atom is -0.296 e. The van der Waals surface area contributed by atoms with Crippen molar-refractivity contribution in [2.75, 3.05) is 19.6 Å². The number of likely N-dealkylation sites (tertiary alicyclic amines) is 1. The van der Waals surface area contributed by atoms with Crippen molar-refractivity contribution >= 4 is 17.4 Å². The van der Waals surface area contributed by atoms with Crippen LogP contribution in [0.2, 0.25) is 5.02 Å². The normalized spacial score (nSPS) is 27.1. The Morgan fingerprint density at radius 1 is 1.10 bits per heavy atom. The third-order valence-corrected chi connectivity index (χ3v) is 5.16. The summed E-state index contributed by atoms with van der Waals surface area (Å²) in [6.45, 7) is 2.76. The predicted octanol–water partition coefficient (Wildman–Crippen LogP) is 4.03. The van der Waals surface area contributed by atoms with E-state index in [1.165, 1.54) is 32.1 Å². The van der Waals surface area contributed by atoms with E-state index in [9.17, 15) is 4.79 Å². The second-order valence-corrected chi connectivity index (χ2v) is 6.69. The Hall–Kier alpha value is -0.860. The summed E-state index contributed by atoms with van der Waals surface area (Å²) in [7, 11) is 0. The smallest absolute Gasteiger partial charge is 0.176 e. The Balaban J connectivity index is 1.58. The Morgan fingerprint density at radius 2 is 1.80 bits per heavy atom. The van der Waals surface area contributed by atoms with Gasteiger partial charge in [0.2, 0.25) is 0 Å². The van der Waals surface area contributed by atoms with Gasteiger partial charge in [0.1, 0.15) is 0 Å². The van der Waals surface area contributed by atoms with Crippen LogP contribution in [-0.4, -0.2) is 30.3 Å². The molecule has 108 valence electrons. The van der Waals surface area contributed by atoms with Gasteiger partial charge < -0.3 is 0 Å². The van der Waals surface area contributed by atoms with Crippen LogP contribution >= 0.6 is 11.6 Å². The lowest BCUT2D eigenvalue weighted by molar-refractivity contribution is 0.0713. The number of piperidine rings is 1. The number of ketones is 1. The molecular formula is C17H22ClNO. The topological polar surface area (TPSA) is 20.3 Å². The first-order valence-corrected chi connectivity index (χ1v) is 8.11. The van der Waals surface area contributed by atoms with Gasteiger partial charge in [-0.1, -0.05) is 30.9 Å². The van der Waals surface area contributed by atoms with Gasteiger partial charge in [0.15, 0.2) is 5.78 Å². The molecule has 1 aromatic carbocycles. The summed E-state index contributed by atoms with van der Waals surface area (Å²) in [5.74, 6) is 1.97. The number of benzene rings is 1. The molecule has 1 heterocycles. The minimum atomic E-state index is 0.218. The molecule has 0 amide bonds. The largest absolute Gasteiger partial charge is 0.296 e. The summed E-state index contributed by atoms with van der Waals surface area (Å²) in [4.78, 5) is 14.7. The van der Waals surface area contributed by atoms with Crippen LogP contribution in [0.4, 0.5) is 0 Å². The van der Waals surface area contributed by atoms with Crippen molar-refractivity contribution in [2.45, 2.75) is 32.1 Å². The van der Waals surface area contributed by atoms with Gasteiger partial charge in [-0.3, -0.25) is 9.69 Å². The van der Waals surface area contributed by atoms with E-state index in [0.717, 1.165) is 30.5 Å². The summed E-state index contributed by atoms with van der Waals surface area (Å²) in [5.41, 5.74) is 0.778. The van der Waals surface area contributed by atoms with Crippen molar-refractivity contribution in [2.24, 2.45) is 11.8 Å². The van der Waals surface area contributed by atoms with Crippen LogP contribution in [0.15, 0.2) is 24.3 Å². The maximum Gasteiger partial charge on any atom is 0.176 e. The zero-order chi connectivity index (χ0) is 13.9. The minimum absolute atomic E-state index is 0.218. The van der Waals surface area contributed by atoms with Gasteiger partial charge in [0.05, 0.1) is 6.54 Å². The summed E-state index contributed by atoms with van der Waals surface area (Å²) >= 11 is 5.86. The predicted molar refractivity (Wildman–Crippen MR) is 82.3 cm³/mol. The molecule has 0 bridgehead atoms. The van der Waals surface area contributed by atoms with E-state index in [1.54, 1.807) is 12.1 Å². The number of hydrogen-bond donors (Lipinski definition) is 0. The third kappa shape index (κ3) is 3.24. The average molecular weight is 292 g/mol. The first-order valence-electron chi connectivity index (χ1n) is 7.73. The lowest BCUT2D eigenvalue weighted by Gasteiger charge is -2.41. The Morgan fingerprint density at radius 3 is 2.55 bits per heavy atom. The monoisotopic (exact) mass is 291 g/mol. The van der Waals surface area contributed by atoms with E-state index < -0.39 is 0 Å². The van der Waals surface area contributed by atoms with Gasteiger partial charge in [-0.05, 0) is 55.5 Å². The van der Waals surface area contributed by atoms with E-state index in [4.69, 9.17) is 11.6 Å². The van der Waals surface area contributed by atoms with Gasteiger partial charge in [-0.15, -0.1) is 0 Å². The van der Waals surface area contributed by atoms with Crippen molar-refractivity contribution in [1.29, 1.82) is 0 Å². The van der Waals surface area contributed by atoms with Crippen LogP contribution in [0.3, 0.4) is 0 Å². The maximum atomic E-state index is 12.3. The molecule has 1 aromatic rings. The van der Waals surface area contributed by atoms with Crippen LogP contribution in [0.25, 0.3) is 0 Å². The third-order valence-electron chi connectivity index (χ3n) is 4.91. The molecule has 3 heteroatoms. The Bertz CT molecular complexity index is 470.